The Morgan fingerprint density at radius 3 is 2.18 bits per heavy atom. The highest BCUT2D eigenvalue weighted by molar-refractivity contribution is 7.92. The third-order valence-corrected chi connectivity index (χ3v) is 8.12. The van der Waals surface area contributed by atoms with Crippen LogP contribution >= 0.6 is 11.6 Å². The molecule has 0 saturated carbocycles. The quantitative estimate of drug-likeness (QED) is 0.357. The van der Waals surface area contributed by atoms with Crippen LogP contribution in [0.25, 0.3) is 0 Å². The third kappa shape index (κ3) is 7.74. The van der Waals surface area contributed by atoms with E-state index in [-0.39, 0.29) is 29.1 Å². The summed E-state index contributed by atoms with van der Waals surface area (Å²) in [5.74, 6) is -0.242. The molecule has 0 radical (unpaired) electrons. The van der Waals surface area contributed by atoms with Gasteiger partial charge in [-0.05, 0) is 75.7 Å². The molecule has 0 aromatic heterocycles. The van der Waals surface area contributed by atoms with Crippen LogP contribution in [0.1, 0.15) is 31.9 Å². The average molecular weight is 572 g/mol. The molecule has 0 unspecified atom stereocenters. The summed E-state index contributed by atoms with van der Waals surface area (Å²) < 4.78 is 33.9. The summed E-state index contributed by atoms with van der Waals surface area (Å²) in [7, 11) is -2.60. The number of carbonyl (C=O) groups excluding carboxylic acids is 2. The number of rotatable bonds is 11. The second-order valence-electron chi connectivity index (χ2n) is 9.51. The van der Waals surface area contributed by atoms with Crippen molar-refractivity contribution in [3.05, 3.63) is 88.9 Å². The number of hydrogen-bond acceptors (Lipinski definition) is 5. The summed E-state index contributed by atoms with van der Waals surface area (Å²) in [5, 5.41) is 3.16. The van der Waals surface area contributed by atoms with Crippen molar-refractivity contribution in [3.8, 4) is 5.75 Å². The maximum Gasteiger partial charge on any atom is 0.264 e. The lowest BCUT2D eigenvalue weighted by Crippen LogP contribution is -2.52. The number of benzene rings is 3. The second kappa shape index (κ2) is 13.0. The molecule has 0 spiro atoms. The molecule has 3 aromatic rings. The van der Waals surface area contributed by atoms with Crippen molar-refractivity contribution in [2.24, 2.45) is 0 Å². The molecule has 8 nitrogen and oxygen atoms in total. The van der Waals surface area contributed by atoms with Gasteiger partial charge in [-0.25, -0.2) is 8.42 Å². The van der Waals surface area contributed by atoms with E-state index in [4.69, 9.17) is 16.3 Å². The van der Waals surface area contributed by atoms with E-state index in [0.717, 1.165) is 15.4 Å². The molecule has 1 atom stereocenters. The van der Waals surface area contributed by atoms with E-state index < -0.39 is 28.5 Å². The molecule has 10 heteroatoms. The number of methoxy groups -OCH3 is 1. The highest BCUT2D eigenvalue weighted by Gasteiger charge is 2.32. The molecule has 0 bridgehead atoms. The minimum absolute atomic E-state index is 0.0354. The fourth-order valence-corrected chi connectivity index (χ4v) is 5.50. The van der Waals surface area contributed by atoms with Crippen LogP contribution in [0.4, 0.5) is 5.69 Å². The first-order valence-electron chi connectivity index (χ1n) is 12.5. The lowest BCUT2D eigenvalue weighted by atomic mass is 10.1. The lowest BCUT2D eigenvalue weighted by Gasteiger charge is -2.32. The summed E-state index contributed by atoms with van der Waals surface area (Å²) >= 11 is 6.20. The number of hydrogen-bond donors (Lipinski definition) is 1. The molecule has 0 aliphatic carbocycles. The predicted octanol–water partition coefficient (Wildman–Crippen LogP) is 4.79. The Hall–Kier alpha value is -3.56. The summed E-state index contributed by atoms with van der Waals surface area (Å²) in [6, 6.07) is 18.8. The zero-order valence-electron chi connectivity index (χ0n) is 22.7. The maximum absolute atomic E-state index is 13.9. The van der Waals surface area contributed by atoms with Crippen molar-refractivity contribution in [1.29, 1.82) is 0 Å². The summed E-state index contributed by atoms with van der Waals surface area (Å²) in [6.45, 7) is 6.69. The van der Waals surface area contributed by atoms with Gasteiger partial charge in [-0.2, -0.15) is 0 Å². The van der Waals surface area contributed by atoms with Gasteiger partial charge >= 0.3 is 0 Å². The van der Waals surface area contributed by atoms with E-state index in [9.17, 15) is 18.0 Å². The number of sulfonamides is 1. The molecule has 39 heavy (non-hydrogen) atoms. The van der Waals surface area contributed by atoms with E-state index in [1.807, 2.05) is 20.8 Å². The van der Waals surface area contributed by atoms with Crippen molar-refractivity contribution in [3.63, 3.8) is 0 Å². The van der Waals surface area contributed by atoms with Crippen molar-refractivity contribution >= 4 is 39.1 Å². The van der Waals surface area contributed by atoms with Crippen molar-refractivity contribution in [1.82, 2.24) is 10.2 Å². The monoisotopic (exact) mass is 571 g/mol. The van der Waals surface area contributed by atoms with E-state index in [0.29, 0.717) is 10.8 Å². The minimum Gasteiger partial charge on any atom is -0.497 e. The van der Waals surface area contributed by atoms with Gasteiger partial charge in [-0.15, -0.1) is 0 Å². The Morgan fingerprint density at radius 2 is 1.62 bits per heavy atom. The number of amides is 2. The minimum atomic E-state index is -4.15. The number of aryl methyl sites for hydroxylation is 1. The number of carbonyl (C=O) groups is 2. The first kappa shape index (κ1) is 30.0. The largest absolute Gasteiger partial charge is 0.497 e. The lowest BCUT2D eigenvalue weighted by molar-refractivity contribution is -0.139. The van der Waals surface area contributed by atoms with Gasteiger partial charge in [-0.3, -0.25) is 13.9 Å². The molecule has 3 aromatic carbocycles. The molecule has 1 N–H and O–H groups in total. The van der Waals surface area contributed by atoms with Gasteiger partial charge in [0.15, 0.2) is 0 Å². The van der Waals surface area contributed by atoms with Gasteiger partial charge in [0.2, 0.25) is 11.8 Å². The van der Waals surface area contributed by atoms with Crippen LogP contribution in [0.2, 0.25) is 5.02 Å². The Balaban J connectivity index is 2.02. The molecule has 208 valence electrons. The van der Waals surface area contributed by atoms with Crippen LogP contribution in [0, 0.1) is 6.92 Å². The van der Waals surface area contributed by atoms with Crippen LogP contribution in [0.5, 0.6) is 5.75 Å². The first-order chi connectivity index (χ1) is 18.4. The molecule has 3 rings (SSSR count). The standard InChI is InChI=1S/C29H34ClN3O5S/c1-20(2)31-29(35)22(4)32(18-23-11-13-26(38-5)14-12-23)28(34)19-33(25-8-6-7-24(30)17-25)39(36,37)27-15-9-21(3)10-16-27/h6-17,20,22H,18-19H2,1-5H3,(H,31,35)/t22-/m1/s1. The molecule has 0 saturated heterocycles. The predicted molar refractivity (Wildman–Crippen MR) is 153 cm³/mol. The van der Waals surface area contributed by atoms with Crippen LogP contribution in [-0.2, 0) is 26.2 Å². The van der Waals surface area contributed by atoms with Gasteiger partial charge in [0.25, 0.3) is 10.0 Å². The van der Waals surface area contributed by atoms with Crippen molar-refractivity contribution in [2.75, 3.05) is 18.0 Å². The van der Waals surface area contributed by atoms with E-state index in [1.54, 1.807) is 68.6 Å². The SMILES string of the molecule is COc1ccc(CN(C(=O)CN(c2cccc(Cl)c2)S(=O)(=O)c2ccc(C)cc2)[C@H](C)C(=O)NC(C)C)cc1. The van der Waals surface area contributed by atoms with E-state index >= 15 is 0 Å². The van der Waals surface area contributed by atoms with Crippen LogP contribution < -0.4 is 14.4 Å². The zero-order chi connectivity index (χ0) is 28.7. The number of nitrogens with one attached hydrogen (secondary N) is 1. The second-order valence-corrected chi connectivity index (χ2v) is 11.8. The summed E-state index contributed by atoms with van der Waals surface area (Å²) in [6.07, 6.45) is 0. The average Bonchev–Trinajstić information content (AvgIpc) is 2.90. The van der Waals surface area contributed by atoms with Gasteiger partial charge in [-0.1, -0.05) is 47.5 Å². The number of ether oxygens (including phenoxy) is 1. The molecule has 0 heterocycles. The van der Waals surface area contributed by atoms with Gasteiger partial charge in [0.05, 0.1) is 17.7 Å². The Bertz CT molecular complexity index is 1390. The fourth-order valence-electron chi connectivity index (χ4n) is 3.91. The first-order valence-corrected chi connectivity index (χ1v) is 14.3. The number of nitrogens with zero attached hydrogens (tertiary/aromatic N) is 2. The molecular formula is C29H34ClN3O5S. The van der Waals surface area contributed by atoms with Crippen molar-refractivity contribution < 1.29 is 22.7 Å². The third-order valence-electron chi connectivity index (χ3n) is 6.09. The molecule has 0 aliphatic rings. The molecular weight excluding hydrogens is 538 g/mol. The maximum atomic E-state index is 13.9. The van der Waals surface area contributed by atoms with E-state index in [2.05, 4.69) is 5.32 Å². The normalized spacial score (nSPS) is 12.1. The summed E-state index contributed by atoms with van der Waals surface area (Å²) in [4.78, 5) is 28.3. The Morgan fingerprint density at radius 1 is 0.974 bits per heavy atom. The molecule has 0 fully saturated rings. The van der Waals surface area contributed by atoms with Gasteiger partial charge < -0.3 is 15.0 Å². The smallest absolute Gasteiger partial charge is 0.264 e. The Kier molecular flexibility index (Phi) is 9.99. The topological polar surface area (TPSA) is 96.0 Å². The number of anilines is 1. The Labute approximate surface area is 235 Å². The van der Waals surface area contributed by atoms with Crippen molar-refractivity contribution in [2.45, 2.75) is 51.2 Å². The highest BCUT2D eigenvalue weighted by Crippen LogP contribution is 2.27. The summed E-state index contributed by atoms with van der Waals surface area (Å²) in [5.41, 5.74) is 1.89. The number of halogens is 1. The fraction of sp³-hybridized carbons (Fsp3) is 0.310. The molecule has 0 aliphatic heterocycles. The van der Waals surface area contributed by atoms with Gasteiger partial charge in [0, 0.05) is 17.6 Å². The van der Waals surface area contributed by atoms with Crippen LogP contribution in [0.15, 0.2) is 77.7 Å². The van der Waals surface area contributed by atoms with E-state index in [1.165, 1.54) is 23.1 Å². The van der Waals surface area contributed by atoms with Gasteiger partial charge in [0.1, 0.15) is 18.3 Å². The van der Waals surface area contributed by atoms with Crippen LogP contribution in [0.3, 0.4) is 0 Å². The highest BCUT2D eigenvalue weighted by atomic mass is 35.5. The molecule has 2 amide bonds. The van der Waals surface area contributed by atoms with Crippen LogP contribution in [-0.4, -0.2) is 50.9 Å². The zero-order valence-corrected chi connectivity index (χ0v) is 24.3.